The number of hydrogen-bond acceptors (Lipinski definition) is 3. The van der Waals surface area contributed by atoms with Gasteiger partial charge in [0.25, 0.3) is 5.91 Å². The van der Waals surface area contributed by atoms with Gasteiger partial charge in [0.05, 0.1) is 6.54 Å². The Morgan fingerprint density at radius 1 is 1.00 bits per heavy atom. The number of anilines is 1. The van der Waals surface area contributed by atoms with E-state index in [9.17, 15) is 4.79 Å². The van der Waals surface area contributed by atoms with Gasteiger partial charge in [0.1, 0.15) is 12.4 Å². The molecule has 1 aromatic heterocycles. The molecule has 0 aliphatic heterocycles. The van der Waals surface area contributed by atoms with Gasteiger partial charge >= 0.3 is 0 Å². The van der Waals surface area contributed by atoms with Crippen molar-refractivity contribution in [1.82, 2.24) is 9.78 Å². The lowest BCUT2D eigenvalue weighted by Gasteiger charge is -2.19. The summed E-state index contributed by atoms with van der Waals surface area (Å²) in [6, 6.07) is 22.7. The maximum absolute atomic E-state index is 12.9. The monoisotopic (exact) mass is 521 g/mol. The lowest BCUT2D eigenvalue weighted by atomic mass is 9.87. The zero-order valence-electron chi connectivity index (χ0n) is 20.8. The van der Waals surface area contributed by atoms with Gasteiger partial charge in [0, 0.05) is 27.4 Å². The molecule has 3 aromatic carbocycles. The van der Waals surface area contributed by atoms with Crippen LogP contribution < -0.4 is 10.1 Å². The minimum atomic E-state index is -0.236. The maximum Gasteiger partial charge on any atom is 0.256 e. The fourth-order valence-corrected chi connectivity index (χ4v) is 4.22. The summed E-state index contributed by atoms with van der Waals surface area (Å²) < 4.78 is 7.73. The first-order valence-electron chi connectivity index (χ1n) is 11.7. The normalized spacial score (nSPS) is 11.4. The van der Waals surface area contributed by atoms with Gasteiger partial charge in [-0.2, -0.15) is 5.10 Å². The summed E-state index contributed by atoms with van der Waals surface area (Å²) in [5, 5.41) is 8.57. The fourth-order valence-electron chi connectivity index (χ4n) is 3.75. The number of rotatable bonds is 7. The highest BCUT2D eigenvalue weighted by Gasteiger charge is 2.14. The lowest BCUT2D eigenvalue weighted by Crippen LogP contribution is -2.13. The average molecular weight is 522 g/mol. The van der Waals surface area contributed by atoms with Gasteiger partial charge in [-0.05, 0) is 65.4 Å². The number of carbonyl (C=O) groups excluding carboxylic acids is 1. The predicted molar refractivity (Wildman–Crippen MR) is 146 cm³/mol. The molecule has 0 unspecified atom stereocenters. The van der Waals surface area contributed by atoms with Gasteiger partial charge in [0.15, 0.2) is 5.82 Å². The Morgan fingerprint density at radius 2 is 1.75 bits per heavy atom. The van der Waals surface area contributed by atoms with Crippen LogP contribution in [-0.2, 0) is 18.6 Å². The van der Waals surface area contributed by atoms with Crippen molar-refractivity contribution in [2.45, 2.75) is 46.3 Å². The van der Waals surface area contributed by atoms with E-state index >= 15 is 0 Å². The standard InChI is InChI=1S/C29H29Cl2N3O2/c1-19-14-27(33-34(19)17-22-8-11-24(30)16-26(22)31)32-28(35)21-7-5-6-20(15-21)18-36-25-12-9-23(10-13-25)29(2,3)4/h5-16H,17-18H2,1-4H3,(H,32,33,35). The molecule has 186 valence electrons. The van der Waals surface area contributed by atoms with Crippen LogP contribution in [0.25, 0.3) is 0 Å². The summed E-state index contributed by atoms with van der Waals surface area (Å²) in [4.78, 5) is 12.9. The van der Waals surface area contributed by atoms with Crippen LogP contribution in [-0.4, -0.2) is 15.7 Å². The number of hydrogen-bond donors (Lipinski definition) is 1. The van der Waals surface area contributed by atoms with E-state index in [-0.39, 0.29) is 11.3 Å². The lowest BCUT2D eigenvalue weighted by molar-refractivity contribution is 0.102. The Morgan fingerprint density at radius 3 is 2.44 bits per heavy atom. The van der Waals surface area contributed by atoms with Gasteiger partial charge in [-0.15, -0.1) is 0 Å². The second-order valence-electron chi connectivity index (χ2n) is 9.78. The van der Waals surface area contributed by atoms with E-state index in [1.54, 1.807) is 22.9 Å². The van der Waals surface area contributed by atoms with Crippen molar-refractivity contribution in [2.75, 3.05) is 5.32 Å². The third-order valence-corrected chi connectivity index (χ3v) is 6.46. The molecule has 0 radical (unpaired) electrons. The van der Waals surface area contributed by atoms with Crippen LogP contribution in [0, 0.1) is 6.92 Å². The summed E-state index contributed by atoms with van der Waals surface area (Å²) in [6.45, 7) is 9.31. The number of aromatic nitrogens is 2. The van der Waals surface area contributed by atoms with E-state index in [0.29, 0.717) is 34.6 Å². The molecule has 0 spiro atoms. The number of ether oxygens (including phenoxy) is 1. The molecule has 7 heteroatoms. The predicted octanol–water partition coefficient (Wildman–Crippen LogP) is 7.68. The Kier molecular flexibility index (Phi) is 7.72. The highest BCUT2D eigenvalue weighted by molar-refractivity contribution is 6.35. The van der Waals surface area contributed by atoms with Gasteiger partial charge in [-0.1, -0.05) is 74.3 Å². The van der Waals surface area contributed by atoms with Gasteiger partial charge in [-0.3, -0.25) is 9.48 Å². The zero-order valence-corrected chi connectivity index (χ0v) is 22.3. The number of amides is 1. The summed E-state index contributed by atoms with van der Waals surface area (Å²) in [7, 11) is 0. The average Bonchev–Trinajstić information content (AvgIpc) is 3.17. The summed E-state index contributed by atoms with van der Waals surface area (Å²) in [6.07, 6.45) is 0. The fraction of sp³-hybridized carbons (Fsp3) is 0.241. The number of aryl methyl sites for hydroxylation is 1. The number of benzene rings is 3. The molecule has 36 heavy (non-hydrogen) atoms. The molecule has 0 fully saturated rings. The van der Waals surface area contributed by atoms with Crippen LogP contribution in [0.15, 0.2) is 72.8 Å². The Hall–Kier alpha value is -3.28. The third-order valence-electron chi connectivity index (χ3n) is 5.87. The van der Waals surface area contributed by atoms with Gasteiger partial charge in [0.2, 0.25) is 0 Å². The van der Waals surface area contributed by atoms with Crippen molar-refractivity contribution in [1.29, 1.82) is 0 Å². The second kappa shape index (κ2) is 10.8. The Bertz CT molecular complexity index is 1370. The first kappa shape index (κ1) is 25.8. The van der Waals surface area contributed by atoms with E-state index in [4.69, 9.17) is 27.9 Å². The molecule has 0 bridgehead atoms. The van der Waals surface area contributed by atoms with E-state index in [1.807, 2.05) is 49.4 Å². The molecule has 5 nitrogen and oxygen atoms in total. The van der Waals surface area contributed by atoms with Crippen LogP contribution >= 0.6 is 23.2 Å². The molecule has 1 heterocycles. The first-order chi connectivity index (χ1) is 17.1. The SMILES string of the molecule is Cc1cc(NC(=O)c2cccc(COc3ccc(C(C)(C)C)cc3)c2)nn1Cc1ccc(Cl)cc1Cl. The smallest absolute Gasteiger partial charge is 0.256 e. The molecular weight excluding hydrogens is 493 g/mol. The number of carbonyl (C=O) groups is 1. The molecule has 4 rings (SSSR count). The summed E-state index contributed by atoms with van der Waals surface area (Å²) in [5.74, 6) is 1.03. The minimum Gasteiger partial charge on any atom is -0.489 e. The van der Waals surface area contributed by atoms with Crippen molar-refractivity contribution in [2.24, 2.45) is 0 Å². The Balaban J connectivity index is 1.39. The van der Waals surface area contributed by atoms with Gasteiger partial charge < -0.3 is 10.1 Å². The van der Waals surface area contributed by atoms with Crippen LogP contribution in [0.4, 0.5) is 5.82 Å². The highest BCUT2D eigenvalue weighted by atomic mass is 35.5. The molecular formula is C29H29Cl2N3O2. The van der Waals surface area contributed by atoms with Crippen molar-refractivity contribution in [3.05, 3.63) is 111 Å². The maximum atomic E-state index is 12.9. The van der Waals surface area contributed by atoms with Crippen LogP contribution in [0.2, 0.25) is 10.0 Å². The topological polar surface area (TPSA) is 56.1 Å². The molecule has 0 saturated heterocycles. The largest absolute Gasteiger partial charge is 0.489 e. The molecule has 0 saturated carbocycles. The Labute approximate surface area is 222 Å². The molecule has 1 amide bonds. The summed E-state index contributed by atoms with van der Waals surface area (Å²) in [5.41, 5.74) is 4.58. The van der Waals surface area contributed by atoms with Crippen molar-refractivity contribution >= 4 is 34.9 Å². The number of halogens is 2. The quantitative estimate of drug-likeness (QED) is 0.271. The highest BCUT2D eigenvalue weighted by Crippen LogP contribution is 2.25. The van der Waals surface area contributed by atoms with Gasteiger partial charge in [-0.25, -0.2) is 0 Å². The molecule has 0 aliphatic rings. The third kappa shape index (κ3) is 6.48. The van der Waals surface area contributed by atoms with Crippen LogP contribution in [0.3, 0.4) is 0 Å². The first-order valence-corrected chi connectivity index (χ1v) is 12.5. The molecule has 1 N–H and O–H groups in total. The second-order valence-corrected chi connectivity index (χ2v) is 10.6. The van der Waals surface area contributed by atoms with Crippen LogP contribution in [0.1, 0.15) is 53.5 Å². The molecule has 4 aromatic rings. The molecule has 0 aliphatic carbocycles. The van der Waals surface area contributed by atoms with Crippen molar-refractivity contribution in [3.63, 3.8) is 0 Å². The van der Waals surface area contributed by atoms with E-state index < -0.39 is 0 Å². The van der Waals surface area contributed by atoms with E-state index in [1.165, 1.54) is 5.56 Å². The zero-order chi connectivity index (χ0) is 25.9. The van der Waals surface area contributed by atoms with E-state index in [2.05, 4.69) is 43.3 Å². The number of nitrogens with one attached hydrogen (secondary N) is 1. The van der Waals surface area contributed by atoms with E-state index in [0.717, 1.165) is 22.6 Å². The van der Waals surface area contributed by atoms with Crippen molar-refractivity contribution < 1.29 is 9.53 Å². The number of nitrogens with zero attached hydrogens (tertiary/aromatic N) is 2. The van der Waals surface area contributed by atoms with Crippen molar-refractivity contribution in [3.8, 4) is 5.75 Å². The molecule has 0 atom stereocenters. The van der Waals surface area contributed by atoms with Crippen LogP contribution in [0.5, 0.6) is 5.75 Å². The minimum absolute atomic E-state index is 0.0947. The summed E-state index contributed by atoms with van der Waals surface area (Å²) >= 11 is 12.3.